The highest BCUT2D eigenvalue weighted by Crippen LogP contribution is 2.27. The lowest BCUT2D eigenvalue weighted by Gasteiger charge is -2.22. The van der Waals surface area contributed by atoms with E-state index in [1.54, 1.807) is 12.1 Å². The largest absolute Gasteiger partial charge is 0.398 e. The van der Waals surface area contributed by atoms with Crippen LogP contribution >= 0.6 is 11.6 Å². The van der Waals surface area contributed by atoms with Gasteiger partial charge in [-0.1, -0.05) is 31.5 Å². The fraction of sp³-hybridized carbons (Fsp3) is 0.400. The number of nitrogen functional groups attached to an aromatic ring is 1. The highest BCUT2D eigenvalue weighted by atomic mass is 35.5. The second-order valence-corrected chi connectivity index (χ2v) is 4.19. The third kappa shape index (κ3) is 2.14. The molecule has 0 aliphatic carbocycles. The van der Waals surface area contributed by atoms with Crippen molar-refractivity contribution in [2.75, 3.05) is 12.3 Å². The van der Waals surface area contributed by atoms with Crippen molar-refractivity contribution in [2.45, 2.75) is 19.3 Å². The van der Waals surface area contributed by atoms with Crippen LogP contribution in [0.5, 0.6) is 0 Å². The van der Waals surface area contributed by atoms with Crippen LogP contribution in [0.15, 0.2) is 18.2 Å². The van der Waals surface area contributed by atoms with Gasteiger partial charge in [0.15, 0.2) is 0 Å². The van der Waals surface area contributed by atoms with Gasteiger partial charge in [0.05, 0.1) is 17.3 Å². The molecule has 0 amide bonds. The number of anilines is 1. The molecule has 1 aromatic rings. The summed E-state index contributed by atoms with van der Waals surface area (Å²) in [5.74, 6) is 0. The van der Waals surface area contributed by atoms with Crippen molar-refractivity contribution in [3.05, 3.63) is 28.8 Å². The molecule has 0 aliphatic rings. The molecule has 2 nitrogen and oxygen atoms in total. The molecule has 0 bridgehead atoms. The van der Waals surface area contributed by atoms with Gasteiger partial charge in [-0.05, 0) is 17.7 Å². The van der Waals surface area contributed by atoms with Crippen LogP contribution in [-0.4, -0.2) is 11.7 Å². The van der Waals surface area contributed by atoms with Crippen LogP contribution in [0.2, 0.25) is 5.02 Å². The second kappa shape index (κ2) is 3.56. The molecule has 0 aromatic heterocycles. The van der Waals surface area contributed by atoms with Gasteiger partial charge in [0, 0.05) is 5.41 Å². The molecule has 3 N–H and O–H groups in total. The first-order valence-electron chi connectivity index (χ1n) is 4.14. The van der Waals surface area contributed by atoms with Gasteiger partial charge in [0.25, 0.3) is 0 Å². The Bertz CT molecular complexity index is 310. The number of hydrogen-bond donors (Lipinski definition) is 2. The van der Waals surface area contributed by atoms with Crippen molar-refractivity contribution in [3.63, 3.8) is 0 Å². The topological polar surface area (TPSA) is 46.2 Å². The molecule has 0 saturated carbocycles. The monoisotopic (exact) mass is 199 g/mol. The van der Waals surface area contributed by atoms with Crippen LogP contribution in [0.1, 0.15) is 19.4 Å². The maximum atomic E-state index is 9.13. The summed E-state index contributed by atoms with van der Waals surface area (Å²) in [4.78, 5) is 0. The van der Waals surface area contributed by atoms with Gasteiger partial charge >= 0.3 is 0 Å². The Morgan fingerprint density at radius 2 is 2.08 bits per heavy atom. The zero-order chi connectivity index (χ0) is 10.1. The number of rotatable bonds is 2. The van der Waals surface area contributed by atoms with Crippen LogP contribution < -0.4 is 5.73 Å². The number of benzene rings is 1. The van der Waals surface area contributed by atoms with E-state index < -0.39 is 0 Å². The quantitative estimate of drug-likeness (QED) is 0.718. The van der Waals surface area contributed by atoms with Crippen molar-refractivity contribution in [3.8, 4) is 0 Å². The molecule has 0 heterocycles. The number of aliphatic hydroxyl groups excluding tert-OH is 1. The summed E-state index contributed by atoms with van der Waals surface area (Å²) in [6, 6.07) is 5.44. The predicted octanol–water partition coefficient (Wildman–Crippen LogP) is 2.19. The smallest absolute Gasteiger partial charge is 0.0635 e. The summed E-state index contributed by atoms with van der Waals surface area (Å²) < 4.78 is 0. The summed E-state index contributed by atoms with van der Waals surface area (Å²) in [7, 11) is 0. The first-order valence-corrected chi connectivity index (χ1v) is 4.51. The van der Waals surface area contributed by atoms with Gasteiger partial charge in [-0.2, -0.15) is 0 Å². The zero-order valence-electron chi connectivity index (χ0n) is 7.84. The summed E-state index contributed by atoms with van der Waals surface area (Å²) in [5, 5.41) is 9.69. The Kier molecular flexibility index (Phi) is 2.84. The maximum Gasteiger partial charge on any atom is 0.0635 e. The van der Waals surface area contributed by atoms with E-state index in [2.05, 4.69) is 0 Å². The zero-order valence-corrected chi connectivity index (χ0v) is 8.60. The summed E-state index contributed by atoms with van der Waals surface area (Å²) in [6.07, 6.45) is 0. The van der Waals surface area contributed by atoms with Gasteiger partial charge in [-0.15, -0.1) is 0 Å². The summed E-state index contributed by atoms with van der Waals surface area (Å²) >= 11 is 5.79. The van der Waals surface area contributed by atoms with Crippen LogP contribution in [0.4, 0.5) is 5.69 Å². The standard InChI is InChI=1S/C10H14ClNO/c1-10(2,6-13)7-3-4-8(11)9(12)5-7/h3-5,13H,6,12H2,1-2H3. The second-order valence-electron chi connectivity index (χ2n) is 3.78. The lowest BCUT2D eigenvalue weighted by molar-refractivity contribution is 0.218. The number of hydrogen-bond acceptors (Lipinski definition) is 2. The third-order valence-corrected chi connectivity index (χ3v) is 2.52. The normalized spacial score (nSPS) is 11.7. The van der Waals surface area contributed by atoms with E-state index in [0.29, 0.717) is 10.7 Å². The van der Waals surface area contributed by atoms with Gasteiger partial charge in [-0.25, -0.2) is 0 Å². The molecule has 3 heteroatoms. The first kappa shape index (κ1) is 10.4. The molecule has 0 radical (unpaired) electrons. The van der Waals surface area contributed by atoms with Gasteiger partial charge in [0.2, 0.25) is 0 Å². The van der Waals surface area contributed by atoms with Crippen LogP contribution in [0, 0.1) is 0 Å². The molecule has 1 rings (SSSR count). The Morgan fingerprint density at radius 3 is 2.54 bits per heavy atom. The highest BCUT2D eigenvalue weighted by molar-refractivity contribution is 6.33. The van der Waals surface area contributed by atoms with Crippen molar-refractivity contribution >= 4 is 17.3 Å². The molecule has 72 valence electrons. The molecule has 0 aliphatic heterocycles. The highest BCUT2D eigenvalue weighted by Gasteiger charge is 2.19. The molecule has 0 fully saturated rings. The van der Waals surface area contributed by atoms with E-state index in [1.165, 1.54) is 0 Å². The Hall–Kier alpha value is -0.730. The molecule has 0 atom stereocenters. The van der Waals surface area contributed by atoms with E-state index in [4.69, 9.17) is 22.4 Å². The number of nitrogens with two attached hydrogens (primary N) is 1. The third-order valence-electron chi connectivity index (χ3n) is 2.17. The van der Waals surface area contributed by atoms with Gasteiger partial charge < -0.3 is 10.8 Å². The summed E-state index contributed by atoms with van der Waals surface area (Å²) in [5.41, 5.74) is 6.95. The Morgan fingerprint density at radius 1 is 1.46 bits per heavy atom. The maximum absolute atomic E-state index is 9.13. The molecule has 0 spiro atoms. The fourth-order valence-corrected chi connectivity index (χ4v) is 1.17. The minimum atomic E-state index is -0.265. The lowest BCUT2D eigenvalue weighted by atomic mass is 9.85. The van der Waals surface area contributed by atoms with Crippen LogP contribution in [-0.2, 0) is 5.41 Å². The van der Waals surface area contributed by atoms with E-state index in [1.807, 2.05) is 19.9 Å². The van der Waals surface area contributed by atoms with E-state index in [9.17, 15) is 0 Å². The minimum absolute atomic E-state index is 0.0913. The van der Waals surface area contributed by atoms with Crippen LogP contribution in [0.25, 0.3) is 0 Å². The molecular weight excluding hydrogens is 186 g/mol. The number of halogens is 1. The SMILES string of the molecule is CC(C)(CO)c1ccc(Cl)c(N)c1. The van der Waals surface area contributed by atoms with E-state index in [0.717, 1.165) is 5.56 Å². The Balaban J connectivity index is 3.10. The summed E-state index contributed by atoms with van der Waals surface area (Å²) in [6.45, 7) is 4.00. The van der Waals surface area contributed by atoms with Crippen molar-refractivity contribution in [2.24, 2.45) is 0 Å². The molecule has 0 saturated heterocycles. The van der Waals surface area contributed by atoms with Gasteiger partial charge in [0.1, 0.15) is 0 Å². The first-order chi connectivity index (χ1) is 5.97. The fourth-order valence-electron chi connectivity index (χ4n) is 1.06. The van der Waals surface area contributed by atoms with Crippen molar-refractivity contribution < 1.29 is 5.11 Å². The van der Waals surface area contributed by atoms with Crippen molar-refractivity contribution in [1.29, 1.82) is 0 Å². The van der Waals surface area contributed by atoms with Gasteiger partial charge in [-0.3, -0.25) is 0 Å². The Labute approximate surface area is 83.3 Å². The van der Waals surface area contributed by atoms with E-state index in [-0.39, 0.29) is 12.0 Å². The average molecular weight is 200 g/mol. The van der Waals surface area contributed by atoms with Crippen molar-refractivity contribution in [1.82, 2.24) is 0 Å². The molecular formula is C10H14ClNO. The molecule has 13 heavy (non-hydrogen) atoms. The number of aliphatic hydroxyl groups is 1. The van der Waals surface area contributed by atoms with Crippen LogP contribution in [0.3, 0.4) is 0 Å². The predicted molar refractivity (Wildman–Crippen MR) is 56.0 cm³/mol. The van der Waals surface area contributed by atoms with E-state index >= 15 is 0 Å². The lowest BCUT2D eigenvalue weighted by Crippen LogP contribution is -2.22. The average Bonchev–Trinajstić information content (AvgIpc) is 2.09. The molecule has 0 unspecified atom stereocenters. The minimum Gasteiger partial charge on any atom is -0.398 e. The molecule has 1 aromatic carbocycles.